The van der Waals surface area contributed by atoms with Crippen molar-refractivity contribution in [3.8, 4) is 0 Å². The first-order chi connectivity index (χ1) is 12.7. The molecule has 1 heteroatoms. The zero-order valence-electron chi connectivity index (χ0n) is 18.6. The molecule has 148 valence electrons. The van der Waals surface area contributed by atoms with E-state index in [-0.39, 0.29) is 0 Å². The summed E-state index contributed by atoms with van der Waals surface area (Å²) in [6, 6.07) is 0. The van der Waals surface area contributed by atoms with E-state index in [1.54, 1.807) is 0 Å². The molecule has 27 heavy (non-hydrogen) atoms. The van der Waals surface area contributed by atoms with Gasteiger partial charge in [-0.2, -0.15) is 0 Å². The van der Waals surface area contributed by atoms with E-state index in [2.05, 4.69) is 65.8 Å². The van der Waals surface area contributed by atoms with Gasteiger partial charge in [-0.1, -0.05) is 83.9 Å². The lowest BCUT2D eigenvalue weighted by atomic mass is 9.16. The van der Waals surface area contributed by atoms with Gasteiger partial charge in [-0.15, -0.1) is 0 Å². The normalized spacial score (nSPS) is 49.3. The van der Waals surface area contributed by atoms with Crippen LogP contribution in [0.15, 0.2) is 24.3 Å². The summed E-state index contributed by atoms with van der Waals surface area (Å²) in [4.78, 5) is 0. The highest BCUT2D eigenvalue weighted by atomic mass is 14.6. The molecular weight excluding hydrogens is 323 g/mol. The van der Waals surface area contributed by atoms with E-state index in [1.165, 1.54) is 25.7 Å². The first kappa shape index (κ1) is 18.6. The summed E-state index contributed by atoms with van der Waals surface area (Å²) in [7, 11) is 0. The molecule has 0 unspecified atom stereocenters. The van der Waals surface area contributed by atoms with Crippen LogP contribution < -0.4 is 0 Å². The zero-order valence-corrected chi connectivity index (χ0v) is 18.6. The summed E-state index contributed by atoms with van der Waals surface area (Å²) in [5.41, 5.74) is 1.20. The average Bonchev–Trinajstić information content (AvgIpc) is 2.64. The summed E-state index contributed by atoms with van der Waals surface area (Å²) in [6.07, 6.45) is 17.3. The van der Waals surface area contributed by atoms with Crippen LogP contribution >= 0.6 is 0 Å². The maximum atomic E-state index is 2.64. The predicted molar refractivity (Wildman–Crippen MR) is 118 cm³/mol. The van der Waals surface area contributed by atoms with Gasteiger partial charge in [0.1, 0.15) is 0 Å². The van der Waals surface area contributed by atoms with E-state index < -0.39 is 0 Å². The molecule has 0 aromatic rings. The van der Waals surface area contributed by atoms with Crippen molar-refractivity contribution in [2.75, 3.05) is 0 Å². The Balaban J connectivity index is 1.50. The molecule has 0 heterocycles. The van der Waals surface area contributed by atoms with Gasteiger partial charge >= 0.3 is 0 Å². The Kier molecular flexibility index (Phi) is 4.14. The minimum absolute atomic E-state index is 0.595. The number of rotatable bonds is 3. The first-order valence-electron chi connectivity index (χ1n) is 12.1. The number of hydrogen-bond acceptors (Lipinski definition) is 0. The zero-order chi connectivity index (χ0) is 19.1. The number of fused-ring (bicyclic) bond motifs is 4. The van der Waals surface area contributed by atoms with Crippen molar-refractivity contribution >= 4 is 6.71 Å². The highest BCUT2D eigenvalue weighted by molar-refractivity contribution is 6.65. The molecule has 8 atom stereocenters. The summed E-state index contributed by atoms with van der Waals surface area (Å²) in [5.74, 6) is 8.36. The van der Waals surface area contributed by atoms with Gasteiger partial charge in [0.15, 0.2) is 6.71 Å². The predicted octanol–water partition coefficient (Wildman–Crippen LogP) is 7.51. The Morgan fingerprint density at radius 1 is 0.778 bits per heavy atom. The van der Waals surface area contributed by atoms with Crippen molar-refractivity contribution < 1.29 is 0 Å². The molecule has 0 aromatic heterocycles. The molecule has 7 aliphatic rings. The second-order valence-electron chi connectivity index (χ2n) is 12.5. The van der Waals surface area contributed by atoms with Gasteiger partial charge in [0, 0.05) is 0 Å². The van der Waals surface area contributed by atoms with Gasteiger partial charge in [0.2, 0.25) is 0 Å². The fourth-order valence-corrected chi connectivity index (χ4v) is 9.16. The van der Waals surface area contributed by atoms with Crippen LogP contribution in [0, 0.1) is 46.3 Å². The molecule has 7 rings (SSSR count). The Morgan fingerprint density at radius 2 is 1.37 bits per heavy atom. The Bertz CT molecular complexity index is 643. The van der Waals surface area contributed by atoms with Crippen molar-refractivity contribution in [3.63, 3.8) is 0 Å². The lowest BCUT2D eigenvalue weighted by molar-refractivity contribution is -0.105. The molecule has 0 saturated heterocycles. The van der Waals surface area contributed by atoms with Crippen molar-refractivity contribution in [2.24, 2.45) is 46.3 Å². The van der Waals surface area contributed by atoms with Crippen LogP contribution in [0.25, 0.3) is 0 Å². The second-order valence-corrected chi connectivity index (χ2v) is 12.5. The van der Waals surface area contributed by atoms with Gasteiger partial charge in [-0.05, 0) is 77.8 Å². The molecule has 6 saturated carbocycles. The minimum atomic E-state index is 0.595. The molecule has 0 nitrogen and oxygen atoms in total. The van der Waals surface area contributed by atoms with Crippen molar-refractivity contribution in [2.45, 2.75) is 91.1 Å². The Morgan fingerprint density at radius 3 is 1.96 bits per heavy atom. The molecule has 0 aliphatic heterocycles. The lowest BCUT2D eigenvalue weighted by Crippen LogP contribution is -2.61. The summed E-state index contributed by atoms with van der Waals surface area (Å²) in [5, 5.41) is 0. The fourth-order valence-electron chi connectivity index (χ4n) is 9.16. The molecule has 0 amide bonds. The van der Waals surface area contributed by atoms with Gasteiger partial charge in [0.05, 0.1) is 0 Å². The van der Waals surface area contributed by atoms with Crippen molar-refractivity contribution in [3.05, 3.63) is 24.3 Å². The second kappa shape index (κ2) is 6.02. The summed E-state index contributed by atoms with van der Waals surface area (Å²) < 4.78 is 0. The average molecular weight is 364 g/mol. The van der Waals surface area contributed by atoms with Crippen LogP contribution in [0.4, 0.5) is 0 Å². The van der Waals surface area contributed by atoms with E-state index >= 15 is 0 Å². The monoisotopic (exact) mass is 364 g/mol. The molecule has 0 spiro atoms. The molecule has 6 fully saturated rings. The summed E-state index contributed by atoms with van der Waals surface area (Å²) >= 11 is 0. The van der Waals surface area contributed by atoms with Crippen molar-refractivity contribution in [1.82, 2.24) is 0 Å². The van der Waals surface area contributed by atoms with Crippen LogP contribution in [0.5, 0.6) is 0 Å². The number of hydrogen-bond donors (Lipinski definition) is 0. The Hall–Kier alpha value is -0.455. The van der Waals surface area contributed by atoms with Gasteiger partial charge in [0.25, 0.3) is 0 Å². The smallest absolute Gasteiger partial charge is 0.0886 e. The molecule has 0 aromatic carbocycles. The highest BCUT2D eigenvalue weighted by Gasteiger charge is 2.63. The quantitative estimate of drug-likeness (QED) is 0.359. The van der Waals surface area contributed by atoms with Crippen molar-refractivity contribution in [1.29, 1.82) is 0 Å². The van der Waals surface area contributed by atoms with Crippen LogP contribution in [-0.4, -0.2) is 6.71 Å². The lowest BCUT2D eigenvalue weighted by Gasteiger charge is -2.67. The van der Waals surface area contributed by atoms with Crippen LogP contribution in [0.1, 0.15) is 73.6 Å². The van der Waals surface area contributed by atoms with E-state index in [4.69, 9.17) is 0 Å². The van der Waals surface area contributed by atoms with Gasteiger partial charge in [-0.3, -0.25) is 0 Å². The van der Waals surface area contributed by atoms with E-state index in [1.807, 2.05) is 0 Å². The third-order valence-corrected chi connectivity index (χ3v) is 11.1. The third-order valence-electron chi connectivity index (χ3n) is 11.1. The SMILES string of the molecule is C[C@@H]1[C@H]2C[C@@H](C[C@H]1B(C1C=CCC=C1)[C@H]1[C@H](C)C[C@H]3C[C@@H]1C3(C)C)C2(C)C. The van der Waals surface area contributed by atoms with Crippen LogP contribution in [0.3, 0.4) is 0 Å². The maximum Gasteiger partial charge on any atom is 0.159 e. The van der Waals surface area contributed by atoms with E-state index in [9.17, 15) is 0 Å². The first-order valence-corrected chi connectivity index (χ1v) is 12.1. The molecule has 0 N–H and O–H groups in total. The Labute approximate surface area is 168 Å². The standard InChI is InChI=1S/C26H41B/c1-16-12-18-14-22(26(18,5)6)24(16)27(20-10-8-7-9-11-20)23-15-19-13-21(17(23)2)25(19,3)4/h8-11,16-24H,7,12-15H2,1-6H3/t16-,17-,18+,19+,21-,22+,23-,24+/m1/s1. The summed E-state index contributed by atoms with van der Waals surface area (Å²) in [6.45, 7) is 16.5. The largest absolute Gasteiger partial charge is 0.159 e. The third kappa shape index (κ3) is 2.48. The van der Waals surface area contributed by atoms with Gasteiger partial charge < -0.3 is 0 Å². The number of allylic oxidation sites excluding steroid dienone is 4. The highest BCUT2D eigenvalue weighted by Crippen LogP contribution is 2.71. The van der Waals surface area contributed by atoms with E-state index in [0.717, 1.165) is 60.3 Å². The fraction of sp³-hybridized carbons (Fsp3) is 0.846. The van der Waals surface area contributed by atoms with Crippen LogP contribution in [-0.2, 0) is 0 Å². The minimum Gasteiger partial charge on any atom is -0.0886 e. The van der Waals surface area contributed by atoms with Crippen LogP contribution in [0.2, 0.25) is 17.5 Å². The molecule has 0 radical (unpaired) electrons. The molecule has 7 aliphatic carbocycles. The molecule has 4 bridgehead atoms. The van der Waals surface area contributed by atoms with E-state index in [0.29, 0.717) is 16.6 Å². The topological polar surface area (TPSA) is 0 Å². The van der Waals surface area contributed by atoms with Gasteiger partial charge in [-0.25, -0.2) is 0 Å². The maximum absolute atomic E-state index is 2.64. The molecular formula is C26H41B.